The van der Waals surface area contributed by atoms with Crippen molar-refractivity contribution in [2.75, 3.05) is 25.5 Å². The largest absolute Gasteiger partial charge is 0.339 e. The lowest BCUT2D eigenvalue weighted by atomic mass is 10.1. The Morgan fingerprint density at radius 3 is 2.19 bits per heavy atom. The van der Waals surface area contributed by atoms with E-state index in [4.69, 9.17) is 0 Å². The Morgan fingerprint density at radius 2 is 1.56 bits per heavy atom. The number of anilines is 1. The molecule has 0 aliphatic carbocycles. The number of nitrogens with one attached hydrogen (secondary N) is 1. The van der Waals surface area contributed by atoms with Crippen LogP contribution in [0.3, 0.4) is 0 Å². The molecular formula is C22H27N3O2. The van der Waals surface area contributed by atoms with Crippen molar-refractivity contribution in [3.05, 3.63) is 65.7 Å². The average Bonchev–Trinajstić information content (AvgIpc) is 2.98. The fourth-order valence-corrected chi connectivity index (χ4v) is 3.30. The molecule has 5 nitrogen and oxygen atoms in total. The molecule has 1 fully saturated rings. The molecule has 0 bridgehead atoms. The standard InChI is InChI=1S/C22H27N3O2/c1-24(17-18-9-5-4-6-10-18)22(27)23-20-13-11-19(12-14-20)21(26)25-15-7-2-3-8-16-25/h4-6,9-14H,2-3,7-8,15-17H2,1H3,(H,23,27). The zero-order valence-corrected chi connectivity index (χ0v) is 15.9. The van der Waals surface area contributed by atoms with E-state index in [2.05, 4.69) is 5.32 Å². The van der Waals surface area contributed by atoms with Crippen LogP contribution in [-0.2, 0) is 6.54 Å². The molecule has 0 unspecified atom stereocenters. The topological polar surface area (TPSA) is 52.7 Å². The first-order chi connectivity index (χ1) is 13.1. The van der Waals surface area contributed by atoms with Gasteiger partial charge < -0.3 is 15.1 Å². The zero-order chi connectivity index (χ0) is 19.1. The highest BCUT2D eigenvalue weighted by Crippen LogP contribution is 2.16. The van der Waals surface area contributed by atoms with Gasteiger partial charge in [0.25, 0.3) is 5.91 Å². The molecule has 0 atom stereocenters. The first-order valence-corrected chi connectivity index (χ1v) is 9.59. The van der Waals surface area contributed by atoms with Crippen molar-refractivity contribution in [2.24, 2.45) is 0 Å². The number of likely N-dealkylation sites (tertiary alicyclic amines) is 1. The van der Waals surface area contributed by atoms with Gasteiger partial charge in [0, 0.05) is 37.9 Å². The summed E-state index contributed by atoms with van der Waals surface area (Å²) in [5.74, 6) is 0.0796. The predicted octanol–water partition coefficient (Wildman–Crippen LogP) is 4.37. The number of rotatable bonds is 4. The van der Waals surface area contributed by atoms with Gasteiger partial charge in [-0.2, -0.15) is 0 Å². The van der Waals surface area contributed by atoms with Crippen LogP contribution >= 0.6 is 0 Å². The van der Waals surface area contributed by atoms with Gasteiger partial charge >= 0.3 is 6.03 Å². The molecule has 2 aromatic carbocycles. The van der Waals surface area contributed by atoms with Crippen molar-refractivity contribution < 1.29 is 9.59 Å². The van der Waals surface area contributed by atoms with Gasteiger partial charge in [0.05, 0.1) is 0 Å². The monoisotopic (exact) mass is 365 g/mol. The molecule has 5 heteroatoms. The molecule has 1 aliphatic rings. The predicted molar refractivity (Wildman–Crippen MR) is 108 cm³/mol. The summed E-state index contributed by atoms with van der Waals surface area (Å²) < 4.78 is 0. The fraction of sp³-hybridized carbons (Fsp3) is 0.364. The molecule has 0 spiro atoms. The molecule has 142 valence electrons. The van der Waals surface area contributed by atoms with E-state index in [0.29, 0.717) is 17.8 Å². The van der Waals surface area contributed by atoms with Crippen LogP contribution in [0, 0.1) is 0 Å². The molecule has 1 saturated heterocycles. The number of urea groups is 1. The average molecular weight is 365 g/mol. The lowest BCUT2D eigenvalue weighted by molar-refractivity contribution is 0.0761. The van der Waals surface area contributed by atoms with Crippen LogP contribution in [0.25, 0.3) is 0 Å². The maximum Gasteiger partial charge on any atom is 0.321 e. The highest BCUT2D eigenvalue weighted by molar-refractivity contribution is 5.95. The van der Waals surface area contributed by atoms with Gasteiger partial charge in [-0.1, -0.05) is 43.2 Å². The van der Waals surface area contributed by atoms with Crippen molar-refractivity contribution >= 4 is 17.6 Å². The van der Waals surface area contributed by atoms with Gasteiger partial charge in [0.2, 0.25) is 0 Å². The Bertz CT molecular complexity index is 751. The maximum atomic E-state index is 12.6. The smallest absolute Gasteiger partial charge is 0.321 e. The van der Waals surface area contributed by atoms with Crippen LogP contribution in [0.4, 0.5) is 10.5 Å². The highest BCUT2D eigenvalue weighted by Gasteiger charge is 2.17. The van der Waals surface area contributed by atoms with E-state index in [9.17, 15) is 9.59 Å². The minimum atomic E-state index is -0.176. The van der Waals surface area contributed by atoms with Crippen LogP contribution in [0.15, 0.2) is 54.6 Å². The Hall–Kier alpha value is -2.82. The van der Waals surface area contributed by atoms with E-state index in [1.165, 1.54) is 12.8 Å². The van der Waals surface area contributed by atoms with Crippen molar-refractivity contribution in [1.29, 1.82) is 0 Å². The number of carbonyl (C=O) groups excluding carboxylic acids is 2. The molecule has 0 saturated carbocycles. The third-order valence-corrected chi connectivity index (χ3v) is 4.89. The fourth-order valence-electron chi connectivity index (χ4n) is 3.30. The van der Waals surface area contributed by atoms with Crippen molar-refractivity contribution in [3.8, 4) is 0 Å². The summed E-state index contributed by atoms with van der Waals surface area (Å²) >= 11 is 0. The Labute approximate surface area is 161 Å². The number of hydrogen-bond acceptors (Lipinski definition) is 2. The normalized spacial score (nSPS) is 14.3. The van der Waals surface area contributed by atoms with Gasteiger partial charge in [-0.05, 0) is 42.7 Å². The molecule has 1 aliphatic heterocycles. The van der Waals surface area contributed by atoms with E-state index >= 15 is 0 Å². The summed E-state index contributed by atoms with van der Waals surface area (Å²) in [6.07, 6.45) is 4.55. The molecule has 3 amide bonds. The van der Waals surface area contributed by atoms with Crippen LogP contribution in [0.2, 0.25) is 0 Å². The SMILES string of the molecule is CN(Cc1ccccc1)C(=O)Nc1ccc(C(=O)N2CCCCCC2)cc1. The van der Waals surface area contributed by atoms with Crippen LogP contribution < -0.4 is 5.32 Å². The Balaban J connectivity index is 1.56. The van der Waals surface area contributed by atoms with E-state index in [0.717, 1.165) is 31.5 Å². The Kier molecular flexibility index (Phi) is 6.47. The number of hydrogen-bond donors (Lipinski definition) is 1. The molecular weight excluding hydrogens is 338 g/mol. The van der Waals surface area contributed by atoms with Crippen LogP contribution in [-0.4, -0.2) is 41.9 Å². The van der Waals surface area contributed by atoms with Crippen molar-refractivity contribution in [1.82, 2.24) is 9.80 Å². The molecule has 1 N–H and O–H groups in total. The van der Waals surface area contributed by atoms with Crippen LogP contribution in [0.1, 0.15) is 41.6 Å². The lowest BCUT2D eigenvalue weighted by Crippen LogP contribution is -2.32. The van der Waals surface area contributed by atoms with Gasteiger partial charge in [0.1, 0.15) is 0 Å². The third kappa shape index (κ3) is 5.33. The first-order valence-electron chi connectivity index (χ1n) is 9.59. The van der Waals surface area contributed by atoms with E-state index in [1.54, 1.807) is 36.2 Å². The molecule has 0 aromatic heterocycles. The van der Waals surface area contributed by atoms with Gasteiger partial charge in [-0.25, -0.2) is 4.79 Å². The maximum absolute atomic E-state index is 12.6. The summed E-state index contributed by atoms with van der Waals surface area (Å²) in [7, 11) is 1.76. The van der Waals surface area contributed by atoms with E-state index in [-0.39, 0.29) is 11.9 Å². The second-order valence-electron chi connectivity index (χ2n) is 7.06. The minimum Gasteiger partial charge on any atom is -0.339 e. The summed E-state index contributed by atoms with van der Waals surface area (Å²) in [6.45, 7) is 2.21. The minimum absolute atomic E-state index is 0.0796. The molecule has 1 heterocycles. The van der Waals surface area contributed by atoms with E-state index < -0.39 is 0 Å². The lowest BCUT2D eigenvalue weighted by Gasteiger charge is -2.21. The van der Waals surface area contributed by atoms with E-state index in [1.807, 2.05) is 35.2 Å². The zero-order valence-electron chi connectivity index (χ0n) is 15.9. The molecule has 27 heavy (non-hydrogen) atoms. The van der Waals surface area contributed by atoms with Crippen LogP contribution in [0.5, 0.6) is 0 Å². The molecule has 0 radical (unpaired) electrons. The van der Waals surface area contributed by atoms with Gasteiger partial charge in [-0.3, -0.25) is 4.79 Å². The number of benzene rings is 2. The van der Waals surface area contributed by atoms with Crippen molar-refractivity contribution in [3.63, 3.8) is 0 Å². The van der Waals surface area contributed by atoms with Gasteiger partial charge in [-0.15, -0.1) is 0 Å². The number of carbonyl (C=O) groups is 2. The first kappa shape index (κ1) is 19.0. The van der Waals surface area contributed by atoms with Gasteiger partial charge in [0.15, 0.2) is 0 Å². The summed E-state index contributed by atoms with van der Waals surface area (Å²) in [5.41, 5.74) is 2.44. The van der Waals surface area contributed by atoms with Crippen molar-refractivity contribution in [2.45, 2.75) is 32.2 Å². The second-order valence-corrected chi connectivity index (χ2v) is 7.06. The number of amides is 3. The molecule has 3 rings (SSSR count). The number of nitrogens with zero attached hydrogens (tertiary/aromatic N) is 2. The summed E-state index contributed by atoms with van der Waals surface area (Å²) in [6, 6.07) is 16.9. The second kappa shape index (κ2) is 9.21. The Morgan fingerprint density at radius 1 is 0.926 bits per heavy atom. The highest BCUT2D eigenvalue weighted by atomic mass is 16.2. The summed E-state index contributed by atoms with van der Waals surface area (Å²) in [4.78, 5) is 28.6. The molecule has 2 aromatic rings. The quantitative estimate of drug-likeness (QED) is 0.875. The summed E-state index contributed by atoms with van der Waals surface area (Å²) in [5, 5.41) is 2.88. The third-order valence-electron chi connectivity index (χ3n) is 4.89.